The number of carboxylic acids is 1. The number of carboxylic acid groups (broad SMARTS) is 1. The van der Waals surface area contributed by atoms with Gasteiger partial charge in [-0.2, -0.15) is 0 Å². The van der Waals surface area contributed by atoms with Gasteiger partial charge in [0.2, 0.25) is 10.0 Å². The number of benzene rings is 2. The van der Waals surface area contributed by atoms with E-state index >= 15 is 0 Å². The van der Waals surface area contributed by atoms with Crippen LogP contribution in [0.1, 0.15) is 53.0 Å². The summed E-state index contributed by atoms with van der Waals surface area (Å²) < 4.78 is 40.7. The number of aromatic carboxylic acids is 1. The van der Waals surface area contributed by atoms with Crippen molar-refractivity contribution in [3.63, 3.8) is 0 Å². The number of piperidine rings is 1. The fourth-order valence-electron chi connectivity index (χ4n) is 5.78. The van der Waals surface area contributed by atoms with Crippen molar-refractivity contribution in [2.45, 2.75) is 43.5 Å². The lowest BCUT2D eigenvalue weighted by molar-refractivity contribution is 0.0691. The Bertz CT molecular complexity index is 1900. The van der Waals surface area contributed by atoms with Gasteiger partial charge in [-0.3, -0.25) is 0 Å². The van der Waals surface area contributed by atoms with Gasteiger partial charge < -0.3 is 14.6 Å². The Balaban J connectivity index is 1.45. The molecular weight excluding hydrogens is 600 g/mol. The molecule has 3 heterocycles. The molecule has 0 radical (unpaired) electrons. The van der Waals surface area contributed by atoms with Crippen molar-refractivity contribution in [2.75, 3.05) is 20.1 Å². The van der Waals surface area contributed by atoms with Gasteiger partial charge in [-0.05, 0) is 86.7 Å². The number of nitrogens with zero attached hydrogens (tertiary/aromatic N) is 3. The largest absolute Gasteiger partial charge is 0.476 e. The Kier molecular flexibility index (Phi) is 8.44. The number of aromatic nitrogens is 2. The van der Waals surface area contributed by atoms with Gasteiger partial charge in [0.05, 0.1) is 5.69 Å². The summed E-state index contributed by atoms with van der Waals surface area (Å²) in [5.74, 6) is 5.63. The Morgan fingerprint density at radius 2 is 2.00 bits per heavy atom. The topological polar surface area (TPSA) is 119 Å². The molecule has 11 heteroatoms. The lowest BCUT2D eigenvalue weighted by atomic mass is 9.97. The van der Waals surface area contributed by atoms with E-state index in [-0.39, 0.29) is 5.69 Å². The molecule has 1 saturated carbocycles. The van der Waals surface area contributed by atoms with Crippen LogP contribution in [0.3, 0.4) is 0 Å². The van der Waals surface area contributed by atoms with E-state index in [0.717, 1.165) is 66.9 Å². The highest BCUT2D eigenvalue weighted by Gasteiger charge is 2.28. The van der Waals surface area contributed by atoms with Crippen molar-refractivity contribution in [2.24, 2.45) is 17.0 Å². The molecule has 1 unspecified atom stereocenters. The molecule has 1 aliphatic carbocycles. The van der Waals surface area contributed by atoms with Crippen molar-refractivity contribution >= 4 is 27.3 Å². The average molecular weight is 633 g/mol. The third kappa shape index (κ3) is 6.79. The van der Waals surface area contributed by atoms with Gasteiger partial charge in [0, 0.05) is 47.6 Å². The van der Waals surface area contributed by atoms with E-state index in [2.05, 4.69) is 39.4 Å². The number of thiazole rings is 1. The normalized spacial score (nSPS) is 17.3. The Labute approximate surface area is 260 Å². The summed E-state index contributed by atoms with van der Waals surface area (Å²) in [4.78, 5) is 17.8. The fourth-order valence-corrected chi connectivity index (χ4v) is 7.18. The highest BCUT2D eigenvalue weighted by Crippen LogP contribution is 2.40. The zero-order valence-corrected chi connectivity index (χ0v) is 25.9. The van der Waals surface area contributed by atoms with Gasteiger partial charge in [-0.25, -0.2) is 27.7 Å². The van der Waals surface area contributed by atoms with Crippen LogP contribution in [-0.2, 0) is 23.0 Å². The average Bonchev–Trinajstić information content (AvgIpc) is 3.53. The van der Waals surface area contributed by atoms with Gasteiger partial charge in [0.25, 0.3) is 0 Å². The number of sulfonamides is 1. The van der Waals surface area contributed by atoms with Crippen LogP contribution < -0.4 is 5.14 Å². The minimum absolute atomic E-state index is 0.0152. The van der Waals surface area contributed by atoms with Crippen molar-refractivity contribution in [1.82, 2.24) is 14.5 Å². The first kappa shape index (κ1) is 30.2. The molecule has 228 valence electrons. The van der Waals surface area contributed by atoms with Crippen LogP contribution in [0.15, 0.2) is 58.8 Å². The first-order valence-electron chi connectivity index (χ1n) is 14.6. The molecule has 2 aromatic heterocycles. The molecule has 1 aliphatic heterocycles. The first-order valence-corrected chi connectivity index (χ1v) is 17.0. The molecule has 0 amide bonds. The summed E-state index contributed by atoms with van der Waals surface area (Å²) in [5, 5.41) is 16.9. The first-order chi connectivity index (χ1) is 21.0. The van der Waals surface area contributed by atoms with Gasteiger partial charge in [-0.15, -0.1) is 11.3 Å². The highest BCUT2D eigenvalue weighted by atomic mass is 32.2. The van der Waals surface area contributed by atoms with Crippen LogP contribution in [0.2, 0.25) is 0 Å². The molecule has 44 heavy (non-hydrogen) atoms. The Morgan fingerprint density at radius 1 is 1.18 bits per heavy atom. The lowest BCUT2D eigenvalue weighted by Gasteiger charge is -2.26. The van der Waals surface area contributed by atoms with Crippen molar-refractivity contribution in [3.05, 3.63) is 82.2 Å². The monoisotopic (exact) mass is 632 g/mol. The van der Waals surface area contributed by atoms with Gasteiger partial charge in [0.1, 0.15) is 15.7 Å². The Hall–Kier alpha value is -3.82. The van der Waals surface area contributed by atoms with Crippen molar-refractivity contribution in [1.29, 1.82) is 0 Å². The molecule has 2 fully saturated rings. The van der Waals surface area contributed by atoms with Crippen molar-refractivity contribution < 1.29 is 22.7 Å². The van der Waals surface area contributed by atoms with Crippen LogP contribution in [0, 0.1) is 29.5 Å². The minimum Gasteiger partial charge on any atom is -0.476 e. The number of carbonyl (C=O) groups is 1. The number of hydrogen-bond acceptors (Lipinski definition) is 6. The van der Waals surface area contributed by atoms with Gasteiger partial charge in [-0.1, -0.05) is 30.0 Å². The van der Waals surface area contributed by atoms with Gasteiger partial charge in [0.15, 0.2) is 5.69 Å². The minimum atomic E-state index is -4.20. The van der Waals surface area contributed by atoms with E-state index in [1.165, 1.54) is 28.8 Å². The molecule has 3 N–H and O–H groups in total. The summed E-state index contributed by atoms with van der Waals surface area (Å²) in [6.07, 6.45) is 4.70. The highest BCUT2D eigenvalue weighted by molar-refractivity contribution is 7.89. The van der Waals surface area contributed by atoms with Gasteiger partial charge >= 0.3 is 5.97 Å². The fraction of sp³-hybridized carbons (Fsp3) is 0.333. The van der Waals surface area contributed by atoms with Crippen LogP contribution in [-0.4, -0.2) is 54.1 Å². The van der Waals surface area contributed by atoms with E-state index < -0.39 is 26.7 Å². The molecule has 4 aromatic rings. The van der Waals surface area contributed by atoms with E-state index in [4.69, 9.17) is 5.14 Å². The number of hydrogen-bond donors (Lipinski definition) is 2. The second-order valence-electron chi connectivity index (χ2n) is 11.7. The maximum atomic E-state index is 14.9. The Morgan fingerprint density at radius 3 is 2.68 bits per heavy atom. The summed E-state index contributed by atoms with van der Waals surface area (Å²) in [5.41, 5.74) is 5.00. The van der Waals surface area contributed by atoms with Crippen molar-refractivity contribution in [3.8, 4) is 33.7 Å². The predicted octanol–water partition coefficient (Wildman–Crippen LogP) is 5.46. The maximum absolute atomic E-state index is 14.9. The second kappa shape index (κ2) is 12.3. The molecular formula is C33H33FN4O4S2. The molecule has 1 saturated heterocycles. The summed E-state index contributed by atoms with van der Waals surface area (Å²) in [7, 11) is -2.08. The standard InChI is InChI=1S/C33H33FN4O4S2/c1-37-13-3-5-22(18-37)8-7-21-4-2-6-25(14-21)26-17-30(32-36-28(20-43-32)33(39)40)38(19-23-9-10-23)29(26)16-24-11-12-31(27(34)15-24)44(35,41)42/h2,4,6,11-12,14-15,17,20,22-23H,3,5,9-10,13,16,18-19H2,1H3,(H,39,40)(H2,35,41,42). The smallest absolute Gasteiger partial charge is 0.355 e. The van der Waals surface area contributed by atoms with E-state index in [1.54, 1.807) is 6.07 Å². The van der Waals surface area contributed by atoms with Crippen LogP contribution >= 0.6 is 11.3 Å². The van der Waals surface area contributed by atoms with Crippen LogP contribution in [0.25, 0.3) is 21.8 Å². The molecule has 2 aliphatic rings. The number of nitrogens with two attached hydrogens (primary N) is 1. The van der Waals surface area contributed by atoms with E-state index in [0.29, 0.717) is 35.4 Å². The molecule has 2 aromatic carbocycles. The number of rotatable bonds is 8. The summed E-state index contributed by atoms with van der Waals surface area (Å²) in [6, 6.07) is 14.1. The molecule has 0 bridgehead atoms. The number of halogens is 1. The van der Waals surface area contributed by atoms with Crippen LogP contribution in [0.5, 0.6) is 0 Å². The SMILES string of the molecule is CN1CCCC(C#Cc2cccc(-c3cc(-c4nc(C(=O)O)cs4)n(CC4CC4)c3Cc3ccc(S(N)(=O)=O)c(F)c3)c2)C1. The predicted molar refractivity (Wildman–Crippen MR) is 168 cm³/mol. The number of likely N-dealkylation sites (tertiary alicyclic amines) is 1. The molecule has 8 nitrogen and oxygen atoms in total. The quantitative estimate of drug-likeness (QED) is 0.249. The third-order valence-electron chi connectivity index (χ3n) is 8.18. The van der Waals surface area contributed by atoms with Crippen LogP contribution in [0.4, 0.5) is 4.39 Å². The summed E-state index contributed by atoms with van der Waals surface area (Å²) in [6.45, 7) is 2.76. The summed E-state index contributed by atoms with van der Waals surface area (Å²) >= 11 is 1.27. The van der Waals surface area contributed by atoms with E-state index in [1.807, 2.05) is 24.3 Å². The maximum Gasteiger partial charge on any atom is 0.355 e. The third-order valence-corrected chi connectivity index (χ3v) is 9.99. The molecule has 6 rings (SSSR count). The molecule has 1 atom stereocenters. The second-order valence-corrected chi connectivity index (χ2v) is 14.1. The van der Waals surface area contributed by atoms with E-state index in [9.17, 15) is 22.7 Å². The molecule has 0 spiro atoms. The zero-order valence-electron chi connectivity index (χ0n) is 24.3. The number of primary sulfonamides is 1. The lowest BCUT2D eigenvalue weighted by Crippen LogP contribution is -2.31. The zero-order chi connectivity index (χ0) is 31.0.